The van der Waals surface area contributed by atoms with Crippen molar-refractivity contribution in [1.82, 2.24) is 10.3 Å². The van der Waals surface area contributed by atoms with Crippen LogP contribution >= 0.6 is 11.6 Å². The molecule has 1 aliphatic rings. The summed E-state index contributed by atoms with van der Waals surface area (Å²) in [5, 5.41) is 3.11. The van der Waals surface area contributed by atoms with Gasteiger partial charge in [-0.05, 0) is 38.8 Å². The average molecular weight is 267 g/mol. The SMILES string of the molecule is Cc1ccc(C(=O)NC2(CCl)CCCC2)c(C)n1. The van der Waals surface area contributed by atoms with Crippen LogP contribution in [0.25, 0.3) is 0 Å². The molecule has 0 bridgehead atoms. The van der Waals surface area contributed by atoms with Gasteiger partial charge in [0.2, 0.25) is 0 Å². The predicted octanol–water partition coefficient (Wildman–Crippen LogP) is 2.98. The van der Waals surface area contributed by atoms with Gasteiger partial charge in [0.25, 0.3) is 5.91 Å². The largest absolute Gasteiger partial charge is 0.345 e. The Bertz CT molecular complexity index is 453. The number of nitrogens with zero attached hydrogens (tertiary/aromatic N) is 1. The molecule has 3 nitrogen and oxygen atoms in total. The van der Waals surface area contributed by atoms with E-state index in [9.17, 15) is 4.79 Å². The van der Waals surface area contributed by atoms with Crippen LogP contribution in [-0.2, 0) is 0 Å². The summed E-state index contributed by atoms with van der Waals surface area (Å²) in [6, 6.07) is 3.70. The van der Waals surface area contributed by atoms with E-state index >= 15 is 0 Å². The third kappa shape index (κ3) is 2.66. The lowest BCUT2D eigenvalue weighted by molar-refractivity contribution is 0.0908. The molecule has 0 spiro atoms. The Morgan fingerprint density at radius 2 is 2.06 bits per heavy atom. The molecular formula is C14H19ClN2O. The van der Waals surface area contributed by atoms with Crippen molar-refractivity contribution in [2.24, 2.45) is 0 Å². The van der Waals surface area contributed by atoms with E-state index in [1.54, 1.807) is 0 Å². The fraction of sp³-hybridized carbons (Fsp3) is 0.571. The third-order valence-electron chi connectivity index (χ3n) is 3.66. The molecule has 0 unspecified atom stereocenters. The minimum atomic E-state index is -0.212. The fourth-order valence-electron chi connectivity index (χ4n) is 2.58. The van der Waals surface area contributed by atoms with Gasteiger partial charge in [-0.25, -0.2) is 0 Å². The first kappa shape index (κ1) is 13.3. The number of aryl methyl sites for hydroxylation is 2. The van der Waals surface area contributed by atoms with Crippen molar-refractivity contribution < 1.29 is 4.79 Å². The normalized spacial score (nSPS) is 17.7. The fourth-order valence-corrected chi connectivity index (χ4v) is 2.91. The summed E-state index contributed by atoms with van der Waals surface area (Å²) in [5.74, 6) is 0.430. The van der Waals surface area contributed by atoms with Crippen LogP contribution in [0.2, 0.25) is 0 Å². The zero-order valence-electron chi connectivity index (χ0n) is 10.9. The lowest BCUT2D eigenvalue weighted by Crippen LogP contribution is -2.48. The highest BCUT2D eigenvalue weighted by Crippen LogP contribution is 2.31. The second-order valence-electron chi connectivity index (χ2n) is 5.16. The molecular weight excluding hydrogens is 248 g/mol. The van der Waals surface area contributed by atoms with E-state index in [1.165, 1.54) is 0 Å². The summed E-state index contributed by atoms with van der Waals surface area (Å²) in [7, 11) is 0. The van der Waals surface area contributed by atoms with Crippen LogP contribution in [-0.4, -0.2) is 22.3 Å². The molecule has 4 heteroatoms. The van der Waals surface area contributed by atoms with Crippen LogP contribution < -0.4 is 5.32 Å². The van der Waals surface area contributed by atoms with Gasteiger partial charge in [-0.2, -0.15) is 0 Å². The number of nitrogens with one attached hydrogen (secondary N) is 1. The Morgan fingerprint density at radius 1 is 1.39 bits per heavy atom. The molecule has 0 radical (unpaired) electrons. The summed E-state index contributed by atoms with van der Waals surface area (Å²) in [4.78, 5) is 16.6. The molecule has 1 N–H and O–H groups in total. The topological polar surface area (TPSA) is 42.0 Å². The lowest BCUT2D eigenvalue weighted by Gasteiger charge is -2.28. The molecule has 1 aromatic rings. The third-order valence-corrected chi connectivity index (χ3v) is 4.18. The smallest absolute Gasteiger partial charge is 0.253 e. The molecule has 0 saturated heterocycles. The predicted molar refractivity (Wildman–Crippen MR) is 73.1 cm³/mol. The van der Waals surface area contributed by atoms with Gasteiger partial charge < -0.3 is 5.32 Å². The molecule has 1 fully saturated rings. The number of aromatic nitrogens is 1. The van der Waals surface area contributed by atoms with Crippen molar-refractivity contribution in [3.05, 3.63) is 29.1 Å². The van der Waals surface area contributed by atoms with E-state index in [2.05, 4.69) is 10.3 Å². The first-order valence-electron chi connectivity index (χ1n) is 6.39. The zero-order chi connectivity index (χ0) is 13.2. The van der Waals surface area contributed by atoms with Gasteiger partial charge >= 0.3 is 0 Å². The van der Waals surface area contributed by atoms with Gasteiger partial charge in [0, 0.05) is 11.6 Å². The zero-order valence-corrected chi connectivity index (χ0v) is 11.7. The highest BCUT2D eigenvalue weighted by atomic mass is 35.5. The number of alkyl halides is 1. The second kappa shape index (κ2) is 5.27. The molecule has 1 aliphatic carbocycles. The van der Waals surface area contributed by atoms with E-state index in [0.717, 1.165) is 37.1 Å². The van der Waals surface area contributed by atoms with Crippen LogP contribution in [0.15, 0.2) is 12.1 Å². The first-order valence-corrected chi connectivity index (χ1v) is 6.92. The first-order chi connectivity index (χ1) is 8.56. The number of halogens is 1. The Hall–Kier alpha value is -1.09. The van der Waals surface area contributed by atoms with Gasteiger partial charge in [-0.15, -0.1) is 11.6 Å². The van der Waals surface area contributed by atoms with Gasteiger partial charge in [-0.1, -0.05) is 12.8 Å². The number of amides is 1. The molecule has 0 atom stereocenters. The van der Waals surface area contributed by atoms with Crippen molar-refractivity contribution in [3.8, 4) is 0 Å². The Labute approximate surface area is 113 Å². The summed E-state index contributed by atoms with van der Waals surface area (Å²) < 4.78 is 0. The maximum absolute atomic E-state index is 12.3. The second-order valence-corrected chi connectivity index (χ2v) is 5.43. The molecule has 1 saturated carbocycles. The number of rotatable bonds is 3. The minimum Gasteiger partial charge on any atom is -0.345 e. The maximum atomic E-state index is 12.3. The standard InChI is InChI=1S/C14H19ClN2O/c1-10-5-6-12(11(2)16-10)13(18)17-14(9-15)7-3-4-8-14/h5-6H,3-4,7-9H2,1-2H3,(H,17,18). The van der Waals surface area contributed by atoms with Crippen molar-refractivity contribution in [2.45, 2.75) is 45.1 Å². The minimum absolute atomic E-state index is 0.0532. The van der Waals surface area contributed by atoms with Gasteiger partial charge in [0.15, 0.2) is 0 Å². The molecule has 18 heavy (non-hydrogen) atoms. The van der Waals surface area contributed by atoms with Crippen LogP contribution in [0.5, 0.6) is 0 Å². The summed E-state index contributed by atoms with van der Waals surface area (Å²) in [6.45, 7) is 3.79. The van der Waals surface area contributed by atoms with Gasteiger partial charge in [0.1, 0.15) is 0 Å². The molecule has 0 aliphatic heterocycles. The highest BCUT2D eigenvalue weighted by Gasteiger charge is 2.34. The summed E-state index contributed by atoms with van der Waals surface area (Å²) in [5.41, 5.74) is 2.14. The van der Waals surface area contributed by atoms with Crippen molar-refractivity contribution >= 4 is 17.5 Å². The highest BCUT2D eigenvalue weighted by molar-refractivity contribution is 6.19. The maximum Gasteiger partial charge on any atom is 0.253 e. The van der Waals surface area contributed by atoms with Crippen molar-refractivity contribution in [1.29, 1.82) is 0 Å². The Balaban J connectivity index is 2.16. The molecule has 0 aromatic carbocycles. The van der Waals surface area contributed by atoms with E-state index in [-0.39, 0.29) is 11.4 Å². The number of pyridine rings is 1. The quantitative estimate of drug-likeness (QED) is 0.855. The van der Waals surface area contributed by atoms with Crippen molar-refractivity contribution in [2.75, 3.05) is 5.88 Å². The van der Waals surface area contributed by atoms with Gasteiger partial charge in [-0.3, -0.25) is 9.78 Å². The van der Waals surface area contributed by atoms with Crippen LogP contribution in [0, 0.1) is 13.8 Å². The number of hydrogen-bond donors (Lipinski definition) is 1. The molecule has 1 aromatic heterocycles. The summed E-state index contributed by atoms with van der Waals surface area (Å²) in [6.07, 6.45) is 4.22. The molecule has 1 heterocycles. The van der Waals surface area contributed by atoms with Crippen LogP contribution in [0.3, 0.4) is 0 Å². The van der Waals surface area contributed by atoms with Crippen LogP contribution in [0.4, 0.5) is 0 Å². The molecule has 2 rings (SSSR count). The lowest BCUT2D eigenvalue weighted by atomic mass is 9.99. The average Bonchev–Trinajstić information content (AvgIpc) is 2.78. The van der Waals surface area contributed by atoms with Crippen molar-refractivity contribution in [3.63, 3.8) is 0 Å². The monoisotopic (exact) mass is 266 g/mol. The molecule has 98 valence electrons. The number of carbonyl (C=O) groups is 1. The molecule has 1 amide bonds. The number of carbonyl (C=O) groups excluding carboxylic acids is 1. The van der Waals surface area contributed by atoms with Crippen LogP contribution in [0.1, 0.15) is 47.4 Å². The van der Waals surface area contributed by atoms with E-state index in [4.69, 9.17) is 11.6 Å². The Morgan fingerprint density at radius 3 is 2.61 bits per heavy atom. The van der Waals surface area contributed by atoms with E-state index in [1.807, 2.05) is 26.0 Å². The summed E-state index contributed by atoms with van der Waals surface area (Å²) >= 11 is 6.03. The van der Waals surface area contributed by atoms with E-state index < -0.39 is 0 Å². The Kier molecular flexibility index (Phi) is 3.91. The van der Waals surface area contributed by atoms with E-state index in [0.29, 0.717) is 11.4 Å². The number of hydrogen-bond acceptors (Lipinski definition) is 2. The van der Waals surface area contributed by atoms with Gasteiger partial charge in [0.05, 0.1) is 16.8 Å².